The molecule has 4 rings (SSSR count). The van der Waals surface area contributed by atoms with E-state index < -0.39 is 32.1 Å². The van der Waals surface area contributed by atoms with Crippen LogP contribution in [0.3, 0.4) is 0 Å². The zero-order chi connectivity index (χ0) is 25.2. The highest BCUT2D eigenvalue weighted by Gasteiger charge is 2.36. The first-order chi connectivity index (χ1) is 16.6. The van der Waals surface area contributed by atoms with Crippen LogP contribution in [0.2, 0.25) is 0 Å². The number of fused-ring (bicyclic) bond motifs is 1. The van der Waals surface area contributed by atoms with Gasteiger partial charge in [-0.2, -0.15) is 0 Å². The number of carbonyl (C=O) groups excluding carboxylic acids is 1. The number of amides is 1. The number of ether oxygens (including phenoxy) is 1. The maximum atomic E-state index is 12.9. The zero-order valence-corrected chi connectivity index (χ0v) is 20.8. The Labute approximate surface area is 204 Å². The van der Waals surface area contributed by atoms with E-state index in [0.717, 1.165) is 5.56 Å². The number of carbonyl (C=O) groups is 1. The lowest BCUT2D eigenvalue weighted by Crippen LogP contribution is -2.49. The van der Waals surface area contributed by atoms with Gasteiger partial charge in [-0.25, -0.2) is 16.8 Å². The van der Waals surface area contributed by atoms with Gasteiger partial charge in [0.15, 0.2) is 6.10 Å². The molecule has 0 saturated heterocycles. The molecule has 0 bridgehead atoms. The summed E-state index contributed by atoms with van der Waals surface area (Å²) in [4.78, 5) is 12.9. The van der Waals surface area contributed by atoms with E-state index in [2.05, 4.69) is 10.0 Å². The fourth-order valence-corrected chi connectivity index (χ4v) is 5.72. The molecule has 0 aromatic heterocycles. The summed E-state index contributed by atoms with van der Waals surface area (Å²) in [7, 11) is -7.44. The van der Waals surface area contributed by atoms with Crippen molar-refractivity contribution >= 4 is 43.0 Å². The Morgan fingerprint density at radius 1 is 0.943 bits per heavy atom. The Kier molecular flexibility index (Phi) is 6.73. The van der Waals surface area contributed by atoms with Crippen LogP contribution in [0.25, 0.3) is 0 Å². The second-order valence-corrected chi connectivity index (χ2v) is 11.9. The van der Waals surface area contributed by atoms with Gasteiger partial charge in [0.25, 0.3) is 15.9 Å². The summed E-state index contributed by atoms with van der Waals surface area (Å²) < 4.78 is 60.0. The first kappa shape index (κ1) is 24.6. The summed E-state index contributed by atoms with van der Waals surface area (Å²) in [6.45, 7) is 3.26. The molecule has 184 valence electrons. The van der Waals surface area contributed by atoms with Gasteiger partial charge in [0.1, 0.15) is 5.75 Å². The van der Waals surface area contributed by atoms with Crippen molar-refractivity contribution in [3.8, 4) is 5.75 Å². The van der Waals surface area contributed by atoms with Gasteiger partial charge in [0.2, 0.25) is 10.0 Å². The molecular formula is C24H25N3O6S2. The highest BCUT2D eigenvalue weighted by Crippen LogP contribution is 2.35. The minimum absolute atomic E-state index is 0.0270. The fraction of sp³-hybridized carbons (Fsp3) is 0.208. The van der Waals surface area contributed by atoms with Gasteiger partial charge in [0, 0.05) is 11.4 Å². The molecule has 1 aliphatic rings. The second kappa shape index (κ2) is 9.59. The van der Waals surface area contributed by atoms with Crippen molar-refractivity contribution in [3.63, 3.8) is 0 Å². The predicted molar refractivity (Wildman–Crippen MR) is 135 cm³/mol. The summed E-state index contributed by atoms with van der Waals surface area (Å²) in [5.74, 6) is -0.383. The molecule has 35 heavy (non-hydrogen) atoms. The number of nitrogens with zero attached hydrogens (tertiary/aromatic N) is 1. The zero-order valence-electron chi connectivity index (χ0n) is 19.1. The van der Waals surface area contributed by atoms with E-state index >= 15 is 0 Å². The minimum atomic E-state index is -3.81. The van der Waals surface area contributed by atoms with Crippen LogP contribution in [0.4, 0.5) is 17.1 Å². The van der Waals surface area contributed by atoms with E-state index in [4.69, 9.17) is 4.74 Å². The van der Waals surface area contributed by atoms with Crippen molar-refractivity contribution in [2.24, 2.45) is 0 Å². The SMILES string of the molecule is CCS(=O)(=O)N1C[C@@H](C(=O)Nc2ccc(S(=O)(=O)Nc3ccc(C)cc3)cc2)Oc2ccccc21. The van der Waals surface area contributed by atoms with Gasteiger partial charge < -0.3 is 10.1 Å². The van der Waals surface area contributed by atoms with Crippen LogP contribution in [0.1, 0.15) is 12.5 Å². The van der Waals surface area contributed by atoms with E-state index in [9.17, 15) is 21.6 Å². The fourth-order valence-electron chi connectivity index (χ4n) is 3.53. The van der Waals surface area contributed by atoms with Crippen LogP contribution >= 0.6 is 0 Å². The van der Waals surface area contributed by atoms with Crippen LogP contribution in [0, 0.1) is 6.92 Å². The van der Waals surface area contributed by atoms with Crippen molar-refractivity contribution in [1.29, 1.82) is 0 Å². The van der Waals surface area contributed by atoms with Crippen LogP contribution in [-0.4, -0.2) is 41.1 Å². The van der Waals surface area contributed by atoms with Crippen LogP contribution in [0.15, 0.2) is 77.7 Å². The van der Waals surface area contributed by atoms with Crippen molar-refractivity contribution in [3.05, 3.63) is 78.4 Å². The molecule has 0 saturated carbocycles. The molecule has 0 unspecified atom stereocenters. The quantitative estimate of drug-likeness (QED) is 0.498. The smallest absolute Gasteiger partial charge is 0.267 e. The molecule has 3 aromatic rings. The summed E-state index contributed by atoms with van der Waals surface area (Å²) in [5.41, 5.74) is 2.17. The van der Waals surface area contributed by atoms with Gasteiger partial charge in [-0.15, -0.1) is 0 Å². The standard InChI is InChI=1S/C24H25N3O6S2/c1-3-34(29,30)27-16-23(33-22-7-5-4-6-21(22)27)24(28)25-18-12-14-20(15-13-18)35(31,32)26-19-10-8-17(2)9-11-19/h4-15,23,26H,3,16H2,1-2H3,(H,25,28)/t23-/m0/s1. The monoisotopic (exact) mass is 515 g/mol. The summed E-state index contributed by atoms with van der Waals surface area (Å²) in [6.07, 6.45) is -1.09. The van der Waals surface area contributed by atoms with E-state index in [0.29, 0.717) is 22.8 Å². The number of rotatable bonds is 7. The molecule has 9 nitrogen and oxygen atoms in total. The Bertz CT molecular complexity index is 1440. The Hall–Kier alpha value is -3.57. The Morgan fingerprint density at radius 3 is 2.23 bits per heavy atom. The lowest BCUT2D eigenvalue weighted by molar-refractivity contribution is -0.122. The van der Waals surface area contributed by atoms with E-state index in [1.165, 1.54) is 35.5 Å². The van der Waals surface area contributed by atoms with Crippen LogP contribution in [0.5, 0.6) is 5.75 Å². The molecule has 1 heterocycles. The third kappa shape index (κ3) is 5.41. The molecule has 0 aliphatic carbocycles. The van der Waals surface area contributed by atoms with Crippen LogP contribution in [-0.2, 0) is 24.8 Å². The number of sulfonamides is 2. The molecular weight excluding hydrogens is 490 g/mol. The average Bonchev–Trinajstić information content (AvgIpc) is 2.85. The summed E-state index contributed by atoms with van der Waals surface area (Å²) in [5, 5.41) is 2.67. The Balaban J connectivity index is 1.48. The lowest BCUT2D eigenvalue weighted by Gasteiger charge is -2.34. The van der Waals surface area contributed by atoms with Crippen molar-refractivity contribution < 1.29 is 26.4 Å². The number of benzene rings is 3. The van der Waals surface area contributed by atoms with Gasteiger partial charge >= 0.3 is 0 Å². The molecule has 1 amide bonds. The highest BCUT2D eigenvalue weighted by molar-refractivity contribution is 7.93. The first-order valence-electron chi connectivity index (χ1n) is 10.9. The molecule has 1 aliphatic heterocycles. The molecule has 11 heteroatoms. The van der Waals surface area contributed by atoms with Crippen molar-refractivity contribution in [2.45, 2.75) is 24.8 Å². The normalized spacial score (nSPS) is 15.6. The topological polar surface area (TPSA) is 122 Å². The minimum Gasteiger partial charge on any atom is -0.476 e. The summed E-state index contributed by atoms with van der Waals surface area (Å²) >= 11 is 0. The Morgan fingerprint density at radius 2 is 1.57 bits per heavy atom. The third-order valence-corrected chi connectivity index (χ3v) is 8.61. The maximum Gasteiger partial charge on any atom is 0.267 e. The van der Waals surface area contributed by atoms with Gasteiger partial charge in [0.05, 0.1) is 22.9 Å². The average molecular weight is 516 g/mol. The molecule has 1 atom stereocenters. The molecule has 0 fully saturated rings. The molecule has 2 N–H and O–H groups in total. The number of nitrogens with one attached hydrogen (secondary N) is 2. The van der Waals surface area contributed by atoms with Gasteiger partial charge in [-0.1, -0.05) is 29.8 Å². The van der Waals surface area contributed by atoms with E-state index in [1.807, 2.05) is 6.92 Å². The summed E-state index contributed by atoms with van der Waals surface area (Å²) in [6, 6.07) is 19.2. The number of hydrogen-bond donors (Lipinski definition) is 2. The molecule has 0 spiro atoms. The maximum absolute atomic E-state index is 12.9. The second-order valence-electron chi connectivity index (χ2n) is 7.99. The van der Waals surface area contributed by atoms with Crippen LogP contribution < -0.4 is 19.1 Å². The molecule has 0 radical (unpaired) electrons. The lowest BCUT2D eigenvalue weighted by atomic mass is 10.2. The number of anilines is 3. The number of aryl methyl sites for hydroxylation is 1. The van der Waals surface area contributed by atoms with E-state index in [1.54, 1.807) is 48.5 Å². The predicted octanol–water partition coefficient (Wildman–Crippen LogP) is 3.35. The van der Waals surface area contributed by atoms with Crippen molar-refractivity contribution in [2.75, 3.05) is 26.6 Å². The first-order valence-corrected chi connectivity index (χ1v) is 13.9. The van der Waals surface area contributed by atoms with E-state index in [-0.39, 0.29) is 17.2 Å². The van der Waals surface area contributed by atoms with Crippen molar-refractivity contribution in [1.82, 2.24) is 0 Å². The van der Waals surface area contributed by atoms with Gasteiger partial charge in [-0.3, -0.25) is 13.8 Å². The number of hydrogen-bond acceptors (Lipinski definition) is 6. The highest BCUT2D eigenvalue weighted by atomic mass is 32.2. The largest absolute Gasteiger partial charge is 0.476 e. The molecule has 3 aromatic carbocycles. The van der Waals surface area contributed by atoms with Gasteiger partial charge in [-0.05, 0) is 62.4 Å². The third-order valence-electron chi connectivity index (χ3n) is 5.46. The number of para-hydroxylation sites is 2.